The first-order valence-corrected chi connectivity index (χ1v) is 6.88. The van der Waals surface area contributed by atoms with E-state index >= 15 is 0 Å². The molecule has 3 rings (SSSR count). The van der Waals surface area contributed by atoms with E-state index < -0.39 is 0 Å². The van der Waals surface area contributed by atoms with Crippen molar-refractivity contribution >= 4 is 22.1 Å². The maximum absolute atomic E-state index is 5.82. The molecule has 1 aromatic carbocycles. The van der Waals surface area contributed by atoms with E-state index in [1.807, 2.05) is 17.5 Å². The average molecular weight is 274 g/mol. The number of nitrogens with two attached hydrogens (primary N) is 1. The molecule has 0 bridgehead atoms. The molecule has 0 atom stereocenters. The van der Waals surface area contributed by atoms with Crippen LogP contribution in [0, 0.1) is 0 Å². The summed E-state index contributed by atoms with van der Waals surface area (Å²) in [6.45, 7) is 2.10. The molecule has 0 amide bonds. The number of fused-ring (bicyclic) bond motifs is 1. The van der Waals surface area contributed by atoms with Crippen LogP contribution in [0.5, 0.6) is 5.75 Å². The number of nitrogens with zero attached hydrogens (tertiary/aromatic N) is 3. The van der Waals surface area contributed by atoms with Gasteiger partial charge in [-0.25, -0.2) is 0 Å². The molecule has 19 heavy (non-hydrogen) atoms. The summed E-state index contributed by atoms with van der Waals surface area (Å²) in [5, 5.41) is 6.26. The first kappa shape index (κ1) is 12.0. The van der Waals surface area contributed by atoms with Gasteiger partial charge in [-0.3, -0.25) is 0 Å². The fourth-order valence-corrected chi connectivity index (χ4v) is 2.73. The largest absolute Gasteiger partial charge is 0.496 e. The molecule has 0 saturated heterocycles. The third-order valence-electron chi connectivity index (χ3n) is 3.03. The molecule has 0 unspecified atom stereocenters. The second-order valence-electron chi connectivity index (χ2n) is 4.17. The molecule has 5 nitrogen and oxygen atoms in total. The lowest BCUT2D eigenvalue weighted by molar-refractivity contribution is 0.410. The van der Waals surface area contributed by atoms with E-state index in [2.05, 4.69) is 23.1 Å². The lowest BCUT2D eigenvalue weighted by atomic mass is 10.1. The molecule has 0 aliphatic carbocycles. The predicted molar refractivity (Wildman–Crippen MR) is 76.6 cm³/mol. The number of aromatic nitrogens is 3. The molecule has 0 fully saturated rings. The molecule has 3 aromatic rings. The van der Waals surface area contributed by atoms with Crippen molar-refractivity contribution in [3.63, 3.8) is 0 Å². The van der Waals surface area contributed by atoms with Crippen LogP contribution in [-0.4, -0.2) is 21.7 Å². The summed E-state index contributed by atoms with van der Waals surface area (Å²) >= 11 is 1.49. The molecule has 0 spiro atoms. The molecule has 0 aliphatic heterocycles. The lowest BCUT2D eigenvalue weighted by Crippen LogP contribution is -1.94. The van der Waals surface area contributed by atoms with Gasteiger partial charge in [-0.2, -0.15) is 9.50 Å². The van der Waals surface area contributed by atoms with E-state index in [1.54, 1.807) is 11.6 Å². The summed E-state index contributed by atoms with van der Waals surface area (Å²) in [4.78, 5) is 5.29. The van der Waals surface area contributed by atoms with Crippen LogP contribution in [0.2, 0.25) is 0 Å². The van der Waals surface area contributed by atoms with Crippen LogP contribution in [0.25, 0.3) is 16.3 Å². The van der Waals surface area contributed by atoms with Gasteiger partial charge in [-0.05, 0) is 30.2 Å². The van der Waals surface area contributed by atoms with E-state index in [9.17, 15) is 0 Å². The highest BCUT2D eigenvalue weighted by atomic mass is 32.1. The van der Waals surface area contributed by atoms with Gasteiger partial charge in [0.25, 0.3) is 0 Å². The maximum Gasteiger partial charge on any atom is 0.214 e. The quantitative estimate of drug-likeness (QED) is 0.797. The van der Waals surface area contributed by atoms with Gasteiger partial charge in [0, 0.05) is 10.9 Å². The molecule has 0 saturated carbocycles. The zero-order valence-electron chi connectivity index (χ0n) is 10.8. The van der Waals surface area contributed by atoms with Crippen LogP contribution in [-0.2, 0) is 6.42 Å². The highest BCUT2D eigenvalue weighted by Crippen LogP contribution is 2.27. The first-order chi connectivity index (χ1) is 9.22. The Morgan fingerprint density at radius 1 is 1.42 bits per heavy atom. The van der Waals surface area contributed by atoms with Crippen LogP contribution < -0.4 is 10.5 Å². The Balaban J connectivity index is 2.10. The van der Waals surface area contributed by atoms with Gasteiger partial charge in [0.2, 0.25) is 4.96 Å². The summed E-state index contributed by atoms with van der Waals surface area (Å²) in [7, 11) is 1.68. The third-order valence-corrected chi connectivity index (χ3v) is 3.86. The Kier molecular flexibility index (Phi) is 2.87. The number of rotatable bonds is 3. The predicted octanol–water partition coefficient (Wildman–Crippen LogP) is 2.61. The minimum atomic E-state index is 0.614. The van der Waals surface area contributed by atoms with E-state index in [0.717, 1.165) is 28.3 Å². The molecule has 0 aliphatic rings. The van der Waals surface area contributed by atoms with Crippen LogP contribution in [0.3, 0.4) is 0 Å². The van der Waals surface area contributed by atoms with Gasteiger partial charge < -0.3 is 10.5 Å². The SMILES string of the molecule is CCc1cc(-c2nc3scc(N)n3n2)ccc1OC. The standard InChI is InChI=1S/C13H14N4OS/c1-3-8-6-9(4-5-10(8)18-2)12-15-13-17(16-12)11(14)7-19-13/h4-7H,3,14H2,1-2H3. The van der Waals surface area contributed by atoms with Crippen molar-refractivity contribution in [1.82, 2.24) is 14.6 Å². The van der Waals surface area contributed by atoms with Gasteiger partial charge in [-0.15, -0.1) is 16.4 Å². The summed E-state index contributed by atoms with van der Waals surface area (Å²) < 4.78 is 6.99. The Labute approximate surface area is 114 Å². The van der Waals surface area contributed by atoms with Crippen LogP contribution in [0.4, 0.5) is 5.82 Å². The zero-order chi connectivity index (χ0) is 13.4. The number of hydrogen-bond donors (Lipinski definition) is 1. The smallest absolute Gasteiger partial charge is 0.214 e. The number of ether oxygens (including phenoxy) is 1. The highest BCUT2D eigenvalue weighted by Gasteiger charge is 2.11. The molecular weight excluding hydrogens is 260 g/mol. The average Bonchev–Trinajstić information content (AvgIpc) is 3.00. The first-order valence-electron chi connectivity index (χ1n) is 6.00. The van der Waals surface area contributed by atoms with Crippen LogP contribution in [0.15, 0.2) is 23.6 Å². The monoisotopic (exact) mass is 274 g/mol. The second kappa shape index (κ2) is 4.55. The minimum absolute atomic E-state index is 0.614. The Hall–Kier alpha value is -2.08. The van der Waals surface area contributed by atoms with Crippen molar-refractivity contribution in [1.29, 1.82) is 0 Å². The molecule has 2 aromatic heterocycles. The van der Waals surface area contributed by atoms with Crippen molar-refractivity contribution < 1.29 is 4.74 Å². The summed E-state index contributed by atoms with van der Waals surface area (Å²) in [6, 6.07) is 5.98. The zero-order valence-corrected chi connectivity index (χ0v) is 11.6. The Morgan fingerprint density at radius 3 is 2.95 bits per heavy atom. The lowest BCUT2D eigenvalue weighted by Gasteiger charge is -2.07. The number of anilines is 1. The van der Waals surface area contributed by atoms with E-state index in [1.165, 1.54) is 11.3 Å². The van der Waals surface area contributed by atoms with E-state index in [0.29, 0.717) is 11.6 Å². The number of hydrogen-bond acceptors (Lipinski definition) is 5. The fraction of sp³-hybridized carbons (Fsp3) is 0.231. The van der Waals surface area contributed by atoms with Crippen LogP contribution >= 0.6 is 11.3 Å². The van der Waals surface area contributed by atoms with Crippen molar-refractivity contribution in [2.75, 3.05) is 12.8 Å². The van der Waals surface area contributed by atoms with Crippen molar-refractivity contribution in [2.45, 2.75) is 13.3 Å². The van der Waals surface area contributed by atoms with Crippen molar-refractivity contribution in [3.05, 3.63) is 29.1 Å². The topological polar surface area (TPSA) is 65.4 Å². The normalized spacial score (nSPS) is 11.1. The number of methoxy groups -OCH3 is 1. The molecule has 6 heteroatoms. The number of thiazole rings is 1. The Morgan fingerprint density at radius 2 is 2.26 bits per heavy atom. The number of nitrogen functional groups attached to an aromatic ring is 1. The minimum Gasteiger partial charge on any atom is -0.496 e. The molecule has 2 heterocycles. The Bertz CT molecular complexity index is 731. The van der Waals surface area contributed by atoms with Gasteiger partial charge in [0.15, 0.2) is 5.82 Å². The van der Waals surface area contributed by atoms with E-state index in [-0.39, 0.29) is 0 Å². The second-order valence-corrected chi connectivity index (χ2v) is 5.01. The van der Waals surface area contributed by atoms with E-state index in [4.69, 9.17) is 10.5 Å². The highest BCUT2D eigenvalue weighted by molar-refractivity contribution is 7.15. The molecule has 0 radical (unpaired) electrons. The third kappa shape index (κ3) is 1.94. The summed E-state index contributed by atoms with van der Waals surface area (Å²) in [5.74, 6) is 2.20. The van der Waals surface area contributed by atoms with Gasteiger partial charge in [0.1, 0.15) is 11.6 Å². The maximum atomic E-state index is 5.82. The number of aryl methyl sites for hydroxylation is 1. The summed E-state index contributed by atoms with van der Waals surface area (Å²) in [5.41, 5.74) is 7.94. The van der Waals surface area contributed by atoms with Crippen molar-refractivity contribution in [3.8, 4) is 17.1 Å². The van der Waals surface area contributed by atoms with Gasteiger partial charge in [0.05, 0.1) is 7.11 Å². The molecule has 2 N–H and O–H groups in total. The molecular formula is C13H14N4OS. The number of benzene rings is 1. The van der Waals surface area contributed by atoms with Gasteiger partial charge >= 0.3 is 0 Å². The van der Waals surface area contributed by atoms with Crippen LogP contribution in [0.1, 0.15) is 12.5 Å². The molecule has 98 valence electrons. The summed E-state index contributed by atoms with van der Waals surface area (Å²) in [6.07, 6.45) is 0.904. The van der Waals surface area contributed by atoms with Gasteiger partial charge in [-0.1, -0.05) is 6.92 Å². The van der Waals surface area contributed by atoms with Crippen molar-refractivity contribution in [2.24, 2.45) is 0 Å². The fourth-order valence-electron chi connectivity index (χ4n) is 2.02.